The number of phenols is 1. The summed E-state index contributed by atoms with van der Waals surface area (Å²) >= 11 is 0. The van der Waals surface area contributed by atoms with E-state index in [9.17, 15) is 5.11 Å². The quantitative estimate of drug-likeness (QED) is 0.941. The van der Waals surface area contributed by atoms with Crippen molar-refractivity contribution in [3.8, 4) is 5.75 Å². The Hall–Kier alpha value is -1.88. The van der Waals surface area contributed by atoms with Gasteiger partial charge in [-0.05, 0) is 29.7 Å². The number of hydrogen-bond acceptors (Lipinski definition) is 4. The molecule has 2 fully saturated rings. The molecule has 120 valence electrons. The van der Waals surface area contributed by atoms with Gasteiger partial charge < -0.3 is 19.3 Å². The van der Waals surface area contributed by atoms with Gasteiger partial charge in [-0.2, -0.15) is 0 Å². The van der Waals surface area contributed by atoms with Gasteiger partial charge in [0.05, 0.1) is 25.4 Å². The van der Waals surface area contributed by atoms with E-state index in [2.05, 4.69) is 12.1 Å². The van der Waals surface area contributed by atoms with Crippen LogP contribution in [0.4, 0.5) is 0 Å². The van der Waals surface area contributed by atoms with Crippen molar-refractivity contribution in [2.24, 2.45) is 5.92 Å². The summed E-state index contributed by atoms with van der Waals surface area (Å²) in [6, 6.07) is 17.5. The Balaban J connectivity index is 1.62. The molecule has 0 radical (unpaired) electrons. The summed E-state index contributed by atoms with van der Waals surface area (Å²) < 4.78 is 17.8. The van der Waals surface area contributed by atoms with Crippen molar-refractivity contribution in [3.05, 3.63) is 65.7 Å². The van der Waals surface area contributed by atoms with Crippen LogP contribution in [0.1, 0.15) is 29.8 Å². The first-order valence-electron chi connectivity index (χ1n) is 8.04. The summed E-state index contributed by atoms with van der Waals surface area (Å²) in [4.78, 5) is 0. The van der Waals surface area contributed by atoms with Crippen molar-refractivity contribution in [2.45, 2.75) is 24.9 Å². The Labute approximate surface area is 135 Å². The third-order valence-electron chi connectivity index (χ3n) is 4.58. The van der Waals surface area contributed by atoms with Gasteiger partial charge in [0.25, 0.3) is 0 Å². The molecule has 4 rings (SSSR count). The summed E-state index contributed by atoms with van der Waals surface area (Å²) in [5, 5.41) is 9.52. The minimum atomic E-state index is -0.220. The van der Waals surface area contributed by atoms with Crippen LogP contribution in [0.25, 0.3) is 0 Å². The highest BCUT2D eigenvalue weighted by Crippen LogP contribution is 2.48. The van der Waals surface area contributed by atoms with Crippen LogP contribution in [-0.2, 0) is 14.2 Å². The van der Waals surface area contributed by atoms with E-state index < -0.39 is 0 Å². The van der Waals surface area contributed by atoms with Gasteiger partial charge in [-0.1, -0.05) is 42.5 Å². The average Bonchev–Trinajstić information content (AvgIpc) is 3.26. The normalized spacial score (nSPS) is 28.3. The van der Waals surface area contributed by atoms with Crippen LogP contribution in [0, 0.1) is 5.92 Å². The van der Waals surface area contributed by atoms with E-state index in [4.69, 9.17) is 14.2 Å². The minimum absolute atomic E-state index is 0.0350. The molecule has 2 aromatic carbocycles. The number of aromatic hydroxyl groups is 1. The van der Waals surface area contributed by atoms with Crippen molar-refractivity contribution in [2.75, 3.05) is 13.2 Å². The van der Waals surface area contributed by atoms with Crippen LogP contribution in [0.5, 0.6) is 5.75 Å². The van der Waals surface area contributed by atoms with E-state index in [0.29, 0.717) is 13.2 Å². The zero-order valence-corrected chi connectivity index (χ0v) is 12.8. The largest absolute Gasteiger partial charge is 0.508 e. The first-order chi connectivity index (χ1) is 11.3. The van der Waals surface area contributed by atoms with Gasteiger partial charge in [0.1, 0.15) is 5.75 Å². The molecule has 2 aliphatic rings. The molecular formula is C19H20O4. The molecule has 1 N–H and O–H groups in total. The Kier molecular flexibility index (Phi) is 4.04. The molecule has 0 spiro atoms. The summed E-state index contributed by atoms with van der Waals surface area (Å²) in [5.74, 6) is 0.406. The van der Waals surface area contributed by atoms with Gasteiger partial charge in [-0.3, -0.25) is 0 Å². The van der Waals surface area contributed by atoms with E-state index in [-0.39, 0.29) is 30.2 Å². The zero-order valence-electron chi connectivity index (χ0n) is 12.8. The molecule has 4 nitrogen and oxygen atoms in total. The molecule has 0 bridgehead atoms. The van der Waals surface area contributed by atoms with Crippen molar-refractivity contribution >= 4 is 0 Å². The second-order valence-electron chi connectivity index (χ2n) is 6.06. The number of benzene rings is 2. The lowest BCUT2D eigenvalue weighted by Crippen LogP contribution is -2.24. The minimum Gasteiger partial charge on any atom is -0.508 e. The van der Waals surface area contributed by atoms with Crippen LogP contribution in [0.3, 0.4) is 0 Å². The van der Waals surface area contributed by atoms with E-state index >= 15 is 0 Å². The summed E-state index contributed by atoms with van der Waals surface area (Å²) in [7, 11) is 0. The molecule has 0 saturated carbocycles. The second kappa shape index (κ2) is 6.32. The van der Waals surface area contributed by atoms with Gasteiger partial charge in [-0.25, -0.2) is 0 Å². The number of phenolic OH excluding ortho intramolecular Hbond substituents is 1. The number of ether oxygens (including phenoxy) is 3. The third-order valence-corrected chi connectivity index (χ3v) is 4.58. The predicted molar refractivity (Wildman–Crippen MR) is 84.9 cm³/mol. The molecule has 2 heterocycles. The third kappa shape index (κ3) is 2.98. The lowest BCUT2D eigenvalue weighted by Gasteiger charge is -2.23. The summed E-state index contributed by atoms with van der Waals surface area (Å²) in [5.41, 5.74) is 2.22. The smallest absolute Gasteiger partial charge is 0.163 e. The van der Waals surface area contributed by atoms with E-state index in [1.54, 1.807) is 12.1 Å². The first kappa shape index (κ1) is 14.7. The molecule has 2 saturated heterocycles. The highest BCUT2D eigenvalue weighted by molar-refractivity contribution is 5.29. The SMILES string of the molecule is Oc1ccc([C@H]2O[C@H](c3ccccc3)C[C@@H]2C2OCCO2)cc1. The fourth-order valence-electron chi connectivity index (χ4n) is 3.45. The number of hydrogen-bond donors (Lipinski definition) is 1. The molecular weight excluding hydrogens is 292 g/mol. The van der Waals surface area contributed by atoms with Crippen molar-refractivity contribution in [1.29, 1.82) is 0 Å². The van der Waals surface area contributed by atoms with Gasteiger partial charge in [0.15, 0.2) is 6.29 Å². The van der Waals surface area contributed by atoms with Gasteiger partial charge in [0, 0.05) is 5.92 Å². The monoisotopic (exact) mass is 312 g/mol. The zero-order chi connectivity index (χ0) is 15.6. The van der Waals surface area contributed by atoms with Crippen molar-refractivity contribution in [3.63, 3.8) is 0 Å². The summed E-state index contributed by atoms with van der Waals surface area (Å²) in [6.45, 7) is 1.28. The fourth-order valence-corrected chi connectivity index (χ4v) is 3.45. The van der Waals surface area contributed by atoms with E-state index in [1.807, 2.05) is 30.3 Å². The van der Waals surface area contributed by atoms with Gasteiger partial charge >= 0.3 is 0 Å². The van der Waals surface area contributed by atoms with Gasteiger partial charge in [0.2, 0.25) is 0 Å². The van der Waals surface area contributed by atoms with E-state index in [1.165, 1.54) is 5.56 Å². The Morgan fingerprint density at radius 3 is 2.22 bits per heavy atom. The van der Waals surface area contributed by atoms with Crippen LogP contribution in [-0.4, -0.2) is 24.6 Å². The lowest BCUT2D eigenvalue weighted by atomic mass is 9.92. The fraction of sp³-hybridized carbons (Fsp3) is 0.368. The molecule has 0 unspecified atom stereocenters. The molecule has 2 aromatic rings. The molecule has 0 aromatic heterocycles. The maximum atomic E-state index is 9.52. The Morgan fingerprint density at radius 1 is 0.826 bits per heavy atom. The van der Waals surface area contributed by atoms with Crippen LogP contribution >= 0.6 is 0 Å². The lowest BCUT2D eigenvalue weighted by molar-refractivity contribution is -0.103. The summed E-state index contributed by atoms with van der Waals surface area (Å²) in [6.07, 6.45) is 0.583. The Morgan fingerprint density at radius 2 is 1.52 bits per heavy atom. The van der Waals surface area contributed by atoms with Gasteiger partial charge in [-0.15, -0.1) is 0 Å². The molecule has 23 heavy (non-hydrogen) atoms. The molecule has 0 amide bonds. The highest BCUT2D eigenvalue weighted by Gasteiger charge is 2.43. The molecule has 3 atom stereocenters. The average molecular weight is 312 g/mol. The first-order valence-corrected chi connectivity index (χ1v) is 8.04. The van der Waals surface area contributed by atoms with Crippen LogP contribution < -0.4 is 0 Å². The van der Waals surface area contributed by atoms with Crippen LogP contribution in [0.2, 0.25) is 0 Å². The van der Waals surface area contributed by atoms with Crippen molar-refractivity contribution in [1.82, 2.24) is 0 Å². The maximum Gasteiger partial charge on any atom is 0.163 e. The molecule has 2 aliphatic heterocycles. The standard InChI is InChI=1S/C19H20O4/c20-15-8-6-14(7-9-15)18-16(19-21-10-11-22-19)12-17(23-18)13-4-2-1-3-5-13/h1-9,16-20H,10-12H2/t16-,17-,18+/m0/s1. The maximum absolute atomic E-state index is 9.52. The molecule has 0 aliphatic carbocycles. The molecule has 4 heteroatoms. The number of rotatable bonds is 3. The Bertz CT molecular complexity index is 634. The predicted octanol–water partition coefficient (Wildman–Crippen LogP) is 3.58. The van der Waals surface area contributed by atoms with Crippen molar-refractivity contribution < 1.29 is 19.3 Å². The topological polar surface area (TPSA) is 47.9 Å². The second-order valence-corrected chi connectivity index (χ2v) is 6.06. The highest BCUT2D eigenvalue weighted by atomic mass is 16.7. The van der Waals surface area contributed by atoms with Crippen LogP contribution in [0.15, 0.2) is 54.6 Å². The van der Waals surface area contributed by atoms with E-state index in [0.717, 1.165) is 12.0 Å².